The Hall–Kier alpha value is 0.287. The van der Waals surface area contributed by atoms with E-state index in [1.54, 1.807) is 11.8 Å². The fourth-order valence-corrected chi connectivity index (χ4v) is 2.46. The van der Waals surface area contributed by atoms with Crippen molar-refractivity contribution in [3.8, 4) is 0 Å². The molecule has 0 bridgehead atoms. The average Bonchev–Trinajstić information content (AvgIpc) is 2.26. The molecule has 0 aliphatic carbocycles. The lowest BCUT2D eigenvalue weighted by molar-refractivity contribution is -0.370. The van der Waals surface area contributed by atoms with Gasteiger partial charge in [0, 0.05) is 6.61 Å². The minimum Gasteiger partial charge on any atom is -0.347 e. The molecule has 9 heteroatoms. The summed E-state index contributed by atoms with van der Waals surface area (Å²) in [4.78, 5) is 13.5. The molecule has 0 N–H and O–H groups in total. The van der Waals surface area contributed by atoms with Crippen molar-refractivity contribution in [2.75, 3.05) is 39.9 Å². The summed E-state index contributed by atoms with van der Waals surface area (Å²) >= 11 is 1.71. The van der Waals surface area contributed by atoms with Crippen LogP contribution in [0.1, 0.15) is 6.42 Å². The van der Waals surface area contributed by atoms with E-state index in [2.05, 4.69) is 14.7 Å². The molecule has 0 rings (SSSR count). The van der Waals surface area contributed by atoms with Crippen LogP contribution in [0.4, 0.5) is 0 Å². The van der Waals surface area contributed by atoms with Gasteiger partial charge in [0.15, 0.2) is 0 Å². The van der Waals surface area contributed by atoms with Gasteiger partial charge in [0.2, 0.25) is 0 Å². The summed E-state index contributed by atoms with van der Waals surface area (Å²) in [7, 11) is 0.410. The smallest absolute Gasteiger partial charge is 0.347 e. The van der Waals surface area contributed by atoms with Crippen molar-refractivity contribution in [3.05, 3.63) is 0 Å². The van der Waals surface area contributed by atoms with E-state index in [-0.39, 0.29) is 0 Å². The number of hydrogen-bond donors (Lipinski definition) is 0. The van der Waals surface area contributed by atoms with Crippen LogP contribution in [0.15, 0.2) is 0 Å². The SMILES string of the molecule is COO[Si](OCCCSC)(OOC)OOC. The van der Waals surface area contributed by atoms with Crippen molar-refractivity contribution < 1.29 is 32.8 Å². The molecule has 0 aromatic heterocycles. The molecule has 0 aliphatic heterocycles. The van der Waals surface area contributed by atoms with E-state index in [0.717, 1.165) is 12.2 Å². The van der Waals surface area contributed by atoms with Crippen molar-refractivity contribution in [1.82, 2.24) is 0 Å². The van der Waals surface area contributed by atoms with Crippen LogP contribution in [-0.2, 0) is 32.8 Å². The lowest BCUT2D eigenvalue weighted by Gasteiger charge is -2.22. The molecule has 0 saturated heterocycles. The first-order valence-corrected chi connectivity index (χ1v) is 7.55. The molecule has 0 radical (unpaired) electrons. The highest BCUT2D eigenvalue weighted by Crippen LogP contribution is 2.13. The van der Waals surface area contributed by atoms with E-state index in [9.17, 15) is 0 Å². The minimum absolute atomic E-state index is 0.392. The lowest BCUT2D eigenvalue weighted by Crippen LogP contribution is -2.48. The predicted octanol–water partition coefficient (Wildman–Crippen LogP) is 0.926. The second kappa shape index (κ2) is 10.4. The van der Waals surface area contributed by atoms with Gasteiger partial charge in [0.25, 0.3) is 0 Å². The van der Waals surface area contributed by atoms with Gasteiger partial charge in [-0.1, -0.05) is 0 Å². The van der Waals surface area contributed by atoms with E-state index >= 15 is 0 Å². The predicted molar refractivity (Wildman–Crippen MR) is 59.0 cm³/mol. The van der Waals surface area contributed by atoms with E-state index in [0.29, 0.717) is 6.61 Å². The third-order valence-corrected chi connectivity index (χ3v) is 3.69. The third-order valence-electron chi connectivity index (χ3n) is 1.33. The van der Waals surface area contributed by atoms with Crippen LogP contribution >= 0.6 is 11.8 Å². The zero-order valence-electron chi connectivity index (χ0n) is 9.89. The first-order valence-electron chi connectivity index (χ1n) is 4.53. The molecule has 0 saturated carbocycles. The Morgan fingerprint density at radius 1 is 0.938 bits per heavy atom. The number of rotatable bonds is 11. The molecule has 0 aromatic rings. The molecule has 0 aromatic carbocycles. The maximum absolute atomic E-state index is 5.34. The highest BCUT2D eigenvalue weighted by Gasteiger charge is 2.51. The van der Waals surface area contributed by atoms with Crippen LogP contribution in [0.2, 0.25) is 0 Å². The van der Waals surface area contributed by atoms with Crippen molar-refractivity contribution in [3.63, 3.8) is 0 Å². The normalized spacial score (nSPS) is 12.0. The summed E-state index contributed by atoms with van der Waals surface area (Å²) in [6.45, 7) is 0.392. The molecule has 0 atom stereocenters. The standard InChI is InChI=1S/C7H18O7SSi/c1-8-12-16(13-9-2,14-10-3)11-6-5-7-15-4/h5-7H2,1-4H3. The topological polar surface area (TPSA) is 64.6 Å². The number of hydrogen-bond acceptors (Lipinski definition) is 8. The average molecular weight is 274 g/mol. The van der Waals surface area contributed by atoms with E-state index in [1.807, 2.05) is 6.26 Å². The van der Waals surface area contributed by atoms with Gasteiger partial charge in [-0.2, -0.15) is 25.5 Å². The highest BCUT2D eigenvalue weighted by molar-refractivity contribution is 7.98. The highest BCUT2D eigenvalue weighted by atomic mass is 32.2. The summed E-state index contributed by atoms with van der Waals surface area (Å²) in [5.74, 6) is 0.956. The fraction of sp³-hybridized carbons (Fsp3) is 1.00. The van der Waals surface area contributed by atoms with Crippen molar-refractivity contribution >= 4 is 20.8 Å². The Morgan fingerprint density at radius 3 is 1.81 bits per heavy atom. The van der Waals surface area contributed by atoms with Crippen molar-refractivity contribution in [2.24, 2.45) is 0 Å². The molecular weight excluding hydrogens is 256 g/mol. The Morgan fingerprint density at radius 2 is 1.44 bits per heavy atom. The molecule has 0 unspecified atom stereocenters. The monoisotopic (exact) mass is 274 g/mol. The Kier molecular flexibility index (Phi) is 10.6. The third kappa shape index (κ3) is 6.78. The summed E-state index contributed by atoms with van der Waals surface area (Å²) in [6.07, 6.45) is 2.83. The molecule has 16 heavy (non-hydrogen) atoms. The summed E-state index contributed by atoms with van der Waals surface area (Å²) in [6, 6.07) is 0. The molecule has 0 amide bonds. The minimum atomic E-state index is -3.52. The number of thioether (sulfide) groups is 1. The molecular formula is C7H18O7SSi. The van der Waals surface area contributed by atoms with E-state index < -0.39 is 9.05 Å². The molecule has 0 fully saturated rings. The quantitative estimate of drug-likeness (QED) is 0.238. The molecule has 98 valence electrons. The van der Waals surface area contributed by atoms with Crippen LogP contribution < -0.4 is 0 Å². The Labute approximate surface area is 101 Å². The summed E-state index contributed by atoms with van der Waals surface area (Å²) < 4.78 is 19.8. The maximum Gasteiger partial charge on any atom is 0.764 e. The van der Waals surface area contributed by atoms with Gasteiger partial charge in [0.1, 0.15) is 0 Å². The van der Waals surface area contributed by atoms with Crippen molar-refractivity contribution in [2.45, 2.75) is 6.42 Å². The summed E-state index contributed by atoms with van der Waals surface area (Å²) in [5, 5.41) is 0. The molecule has 0 heterocycles. The van der Waals surface area contributed by atoms with Gasteiger partial charge in [-0.15, -0.1) is 0 Å². The first-order chi connectivity index (χ1) is 7.74. The first kappa shape index (κ1) is 16.3. The van der Waals surface area contributed by atoms with Crippen LogP contribution in [0.3, 0.4) is 0 Å². The van der Waals surface area contributed by atoms with Gasteiger partial charge >= 0.3 is 9.05 Å². The van der Waals surface area contributed by atoms with Crippen LogP contribution in [0.25, 0.3) is 0 Å². The largest absolute Gasteiger partial charge is 0.764 e. The zero-order valence-corrected chi connectivity index (χ0v) is 11.7. The van der Waals surface area contributed by atoms with Crippen molar-refractivity contribution in [1.29, 1.82) is 0 Å². The Balaban J connectivity index is 4.12. The van der Waals surface area contributed by atoms with Gasteiger partial charge in [-0.3, -0.25) is 0 Å². The van der Waals surface area contributed by atoms with Crippen LogP contribution in [0.5, 0.6) is 0 Å². The van der Waals surface area contributed by atoms with Gasteiger partial charge in [-0.25, -0.2) is 14.7 Å². The fourth-order valence-electron chi connectivity index (χ4n) is 0.820. The Bertz CT molecular complexity index is 145. The molecule has 0 aliphatic rings. The second-order valence-electron chi connectivity index (χ2n) is 2.44. The van der Waals surface area contributed by atoms with Gasteiger partial charge in [-0.05, 0) is 18.4 Å². The van der Waals surface area contributed by atoms with E-state index in [4.69, 9.17) is 18.2 Å². The molecule has 0 spiro atoms. The summed E-state index contributed by atoms with van der Waals surface area (Å²) in [5.41, 5.74) is 0. The lowest BCUT2D eigenvalue weighted by atomic mass is 10.5. The van der Waals surface area contributed by atoms with Gasteiger partial charge in [0.05, 0.1) is 21.3 Å². The zero-order chi connectivity index (χ0) is 12.3. The molecule has 7 nitrogen and oxygen atoms in total. The van der Waals surface area contributed by atoms with E-state index in [1.165, 1.54) is 21.3 Å². The van der Waals surface area contributed by atoms with Gasteiger partial charge < -0.3 is 4.43 Å². The maximum atomic E-state index is 5.34. The van der Waals surface area contributed by atoms with Crippen LogP contribution in [0, 0.1) is 0 Å². The van der Waals surface area contributed by atoms with Crippen LogP contribution in [-0.4, -0.2) is 49.0 Å². The second-order valence-corrected chi connectivity index (χ2v) is 5.22.